The normalized spacial score (nSPS) is 15.6. The molecule has 1 aromatic heterocycles. The molecule has 0 N–H and O–H groups in total. The van der Waals surface area contributed by atoms with Crippen LogP contribution in [0, 0.1) is 6.92 Å². The van der Waals surface area contributed by atoms with Gasteiger partial charge in [-0.1, -0.05) is 61.9 Å². The zero-order chi connectivity index (χ0) is 21.9. The Kier molecular flexibility index (Phi) is 6.36. The first-order valence-corrected chi connectivity index (χ1v) is 12.9. The number of unbranched alkanes of at least 4 members (excludes halogenated alkanes) is 3. The number of nitrogens with zero attached hydrogens (tertiary/aromatic N) is 2. The number of allylic oxidation sites excluding steroid dienone is 2. The lowest BCUT2D eigenvalue weighted by Gasteiger charge is -2.27. The molecule has 0 fully saturated rings. The van der Waals surface area contributed by atoms with Gasteiger partial charge in [-0.2, -0.15) is 4.57 Å². The molecule has 0 saturated heterocycles. The number of thioether (sulfide) groups is 1. The summed E-state index contributed by atoms with van der Waals surface area (Å²) in [5.41, 5.74) is 6.85. The third kappa shape index (κ3) is 4.23. The molecule has 0 bridgehead atoms. The Morgan fingerprint density at radius 3 is 2.84 bits per heavy atom. The van der Waals surface area contributed by atoms with Gasteiger partial charge in [-0.15, -0.1) is 0 Å². The highest BCUT2D eigenvalue weighted by molar-refractivity contribution is 8.03. The average molecular weight is 442 g/mol. The van der Waals surface area contributed by atoms with Gasteiger partial charge >= 0.3 is 0 Å². The molecule has 0 atom stereocenters. The minimum Gasteiger partial charge on any atom is -0.335 e. The molecule has 164 valence electrons. The van der Waals surface area contributed by atoms with Crippen LogP contribution in [0.4, 0.5) is 5.69 Å². The van der Waals surface area contributed by atoms with E-state index in [1.54, 1.807) is 0 Å². The Labute approximate surface area is 196 Å². The van der Waals surface area contributed by atoms with Crippen LogP contribution in [0.3, 0.4) is 0 Å². The summed E-state index contributed by atoms with van der Waals surface area (Å²) in [6.07, 6.45) is 14.5. The highest BCUT2D eigenvalue weighted by Gasteiger charge is 2.29. The summed E-state index contributed by atoms with van der Waals surface area (Å²) < 4.78 is 2.43. The largest absolute Gasteiger partial charge is 0.335 e. The summed E-state index contributed by atoms with van der Waals surface area (Å²) in [7, 11) is 0. The Morgan fingerprint density at radius 1 is 1.03 bits per heavy atom. The van der Waals surface area contributed by atoms with E-state index in [1.165, 1.54) is 75.3 Å². The van der Waals surface area contributed by atoms with E-state index < -0.39 is 0 Å². The number of pyridine rings is 1. The van der Waals surface area contributed by atoms with Gasteiger partial charge in [0.15, 0.2) is 6.20 Å². The van der Waals surface area contributed by atoms with E-state index in [9.17, 15) is 0 Å². The molecule has 32 heavy (non-hydrogen) atoms. The van der Waals surface area contributed by atoms with Crippen LogP contribution in [-0.2, 0) is 6.54 Å². The Hall–Kier alpha value is -2.52. The molecule has 0 saturated carbocycles. The van der Waals surface area contributed by atoms with Crippen molar-refractivity contribution < 1.29 is 4.57 Å². The molecule has 0 amide bonds. The number of hydrogen-bond donors (Lipinski definition) is 0. The van der Waals surface area contributed by atoms with Crippen molar-refractivity contribution in [2.45, 2.75) is 63.8 Å². The molecule has 2 aliphatic heterocycles. The monoisotopic (exact) mass is 441 g/mol. The van der Waals surface area contributed by atoms with E-state index in [0.29, 0.717) is 0 Å². The van der Waals surface area contributed by atoms with Crippen LogP contribution in [0.15, 0.2) is 76.3 Å². The fourth-order valence-corrected chi connectivity index (χ4v) is 6.23. The lowest BCUT2D eigenvalue weighted by molar-refractivity contribution is -0.671. The highest BCUT2D eigenvalue weighted by Crippen LogP contribution is 2.50. The summed E-state index contributed by atoms with van der Waals surface area (Å²) in [6.45, 7) is 6.68. The summed E-state index contributed by atoms with van der Waals surface area (Å²) in [6, 6.07) is 18.0. The first kappa shape index (κ1) is 21.3. The van der Waals surface area contributed by atoms with Crippen LogP contribution < -0.4 is 9.47 Å². The number of hydrogen-bond acceptors (Lipinski definition) is 2. The number of benzene rings is 2. The van der Waals surface area contributed by atoms with Crippen molar-refractivity contribution in [2.24, 2.45) is 0 Å². The second kappa shape index (κ2) is 9.54. The maximum absolute atomic E-state index is 2.52. The summed E-state index contributed by atoms with van der Waals surface area (Å²) in [5, 5.41) is 2.78. The van der Waals surface area contributed by atoms with Crippen molar-refractivity contribution in [3.63, 3.8) is 0 Å². The van der Waals surface area contributed by atoms with E-state index in [1.807, 2.05) is 11.8 Å². The van der Waals surface area contributed by atoms with Crippen molar-refractivity contribution >= 4 is 34.4 Å². The molecule has 0 aliphatic carbocycles. The number of rotatable bonds is 7. The van der Waals surface area contributed by atoms with Gasteiger partial charge in [0.25, 0.3) is 0 Å². The van der Waals surface area contributed by atoms with Crippen LogP contribution in [-0.4, -0.2) is 6.54 Å². The SMILES string of the molecule is CCCCCC[n+]1ccc(C=CC2=C3Sc4cc(C)ccc4N3CCC2)c2ccccc21. The van der Waals surface area contributed by atoms with Gasteiger partial charge in [0.2, 0.25) is 5.52 Å². The summed E-state index contributed by atoms with van der Waals surface area (Å²) >= 11 is 1.95. The first-order chi connectivity index (χ1) is 15.7. The van der Waals surface area contributed by atoms with Gasteiger partial charge in [-0.05, 0) is 61.1 Å². The molecule has 2 nitrogen and oxygen atoms in total. The molecule has 0 spiro atoms. The number of aromatic nitrogens is 1. The minimum absolute atomic E-state index is 1.10. The topological polar surface area (TPSA) is 7.12 Å². The lowest BCUT2D eigenvalue weighted by atomic mass is 10.0. The molecule has 0 unspecified atom stereocenters. The molecule has 0 radical (unpaired) electrons. The number of aryl methyl sites for hydroxylation is 2. The van der Waals surface area contributed by atoms with Crippen molar-refractivity contribution in [1.29, 1.82) is 0 Å². The van der Waals surface area contributed by atoms with E-state index >= 15 is 0 Å². The predicted molar refractivity (Wildman–Crippen MR) is 138 cm³/mol. The molecule has 2 aromatic carbocycles. The third-order valence-corrected chi connectivity index (χ3v) is 7.86. The van der Waals surface area contributed by atoms with E-state index in [-0.39, 0.29) is 0 Å². The smallest absolute Gasteiger partial charge is 0.213 e. The second-order valence-electron chi connectivity index (χ2n) is 9.03. The zero-order valence-electron chi connectivity index (χ0n) is 19.3. The van der Waals surface area contributed by atoms with Crippen LogP contribution in [0.2, 0.25) is 0 Å². The fourth-order valence-electron chi connectivity index (χ4n) is 4.89. The highest BCUT2D eigenvalue weighted by atomic mass is 32.2. The quantitative estimate of drug-likeness (QED) is 0.275. The maximum atomic E-state index is 2.52. The van der Waals surface area contributed by atoms with Crippen molar-refractivity contribution in [2.75, 3.05) is 11.4 Å². The van der Waals surface area contributed by atoms with Gasteiger partial charge in [0.05, 0.1) is 16.1 Å². The van der Waals surface area contributed by atoms with Crippen LogP contribution >= 0.6 is 11.8 Å². The standard InChI is InChI=1S/C29H33N2S/c1-3-4-5-8-18-30-20-17-23(25-11-6-7-12-26(25)30)14-15-24-10-9-19-31-27-16-13-22(2)21-28(27)32-29(24)31/h6-7,11-17,20-21H,3-5,8-10,18-19H2,1-2H3/q+1. The molecular formula is C29H33N2S+. The number of fused-ring (bicyclic) bond motifs is 4. The summed E-state index contributed by atoms with van der Waals surface area (Å²) in [4.78, 5) is 3.93. The van der Waals surface area contributed by atoms with Crippen LogP contribution in [0.1, 0.15) is 56.6 Å². The second-order valence-corrected chi connectivity index (χ2v) is 10.1. The Morgan fingerprint density at radius 2 is 1.94 bits per heavy atom. The van der Waals surface area contributed by atoms with E-state index in [0.717, 1.165) is 19.5 Å². The first-order valence-electron chi connectivity index (χ1n) is 12.1. The van der Waals surface area contributed by atoms with E-state index in [4.69, 9.17) is 0 Å². The molecule has 3 heteroatoms. The number of anilines is 1. The van der Waals surface area contributed by atoms with E-state index in [2.05, 4.69) is 90.2 Å². The van der Waals surface area contributed by atoms with Gasteiger partial charge in [0.1, 0.15) is 6.54 Å². The zero-order valence-corrected chi connectivity index (χ0v) is 20.1. The van der Waals surface area contributed by atoms with Gasteiger partial charge < -0.3 is 4.90 Å². The minimum atomic E-state index is 1.10. The molecule has 2 aliphatic rings. The van der Waals surface area contributed by atoms with Gasteiger partial charge in [-0.25, -0.2) is 0 Å². The predicted octanol–water partition coefficient (Wildman–Crippen LogP) is 7.65. The Bertz CT molecular complexity index is 1190. The maximum Gasteiger partial charge on any atom is 0.213 e. The lowest BCUT2D eigenvalue weighted by Crippen LogP contribution is -2.34. The van der Waals surface area contributed by atoms with Crippen LogP contribution in [0.25, 0.3) is 17.0 Å². The van der Waals surface area contributed by atoms with Crippen molar-refractivity contribution in [3.05, 3.63) is 82.5 Å². The fraction of sp³-hybridized carbons (Fsp3) is 0.345. The average Bonchev–Trinajstić information content (AvgIpc) is 3.19. The molecule has 3 heterocycles. The van der Waals surface area contributed by atoms with Gasteiger partial charge in [0, 0.05) is 30.0 Å². The third-order valence-electron chi connectivity index (χ3n) is 6.64. The van der Waals surface area contributed by atoms with Crippen molar-refractivity contribution in [3.8, 4) is 0 Å². The molecule has 5 rings (SSSR count). The molecule has 3 aromatic rings. The molecular weight excluding hydrogens is 408 g/mol. The number of para-hydroxylation sites is 1. The van der Waals surface area contributed by atoms with Gasteiger partial charge in [-0.3, -0.25) is 0 Å². The van der Waals surface area contributed by atoms with Crippen molar-refractivity contribution in [1.82, 2.24) is 0 Å². The Balaban J connectivity index is 1.43. The van der Waals surface area contributed by atoms with Crippen LogP contribution in [0.5, 0.6) is 0 Å². The summed E-state index contributed by atoms with van der Waals surface area (Å²) in [5.74, 6) is 0.